The van der Waals surface area contributed by atoms with E-state index in [1.54, 1.807) is 6.07 Å². The molecule has 3 heteroatoms. The highest BCUT2D eigenvalue weighted by Gasteiger charge is 2.02. The Kier molecular flexibility index (Phi) is 2.55. The predicted molar refractivity (Wildman–Crippen MR) is 51.1 cm³/mol. The van der Waals surface area contributed by atoms with Crippen LogP contribution < -0.4 is 10.6 Å². The van der Waals surface area contributed by atoms with Crippen LogP contribution in [-0.4, -0.2) is 19.2 Å². The molecule has 3 N–H and O–H groups in total. The molecule has 1 aromatic carbocycles. The number of nitrogen functional groups attached to an aromatic ring is 1. The van der Waals surface area contributed by atoms with Crippen LogP contribution in [0.25, 0.3) is 0 Å². The van der Waals surface area contributed by atoms with Gasteiger partial charge in [-0.25, -0.2) is 0 Å². The van der Waals surface area contributed by atoms with Crippen LogP contribution in [-0.2, 0) is 6.61 Å². The summed E-state index contributed by atoms with van der Waals surface area (Å²) in [5.41, 5.74) is 8.13. The summed E-state index contributed by atoms with van der Waals surface area (Å²) in [5, 5.41) is 9.01. The van der Waals surface area contributed by atoms with Gasteiger partial charge in [0.25, 0.3) is 0 Å². The number of aliphatic hydroxyl groups is 1. The normalized spacial score (nSPS) is 9.92. The molecule has 0 saturated carbocycles. The summed E-state index contributed by atoms with van der Waals surface area (Å²) >= 11 is 0. The minimum atomic E-state index is 0.0263. The number of benzene rings is 1. The van der Waals surface area contributed by atoms with E-state index in [1.807, 2.05) is 31.1 Å². The van der Waals surface area contributed by atoms with Crippen LogP contribution in [0.4, 0.5) is 11.4 Å². The summed E-state index contributed by atoms with van der Waals surface area (Å²) < 4.78 is 0. The van der Waals surface area contributed by atoms with Crippen molar-refractivity contribution >= 4 is 11.4 Å². The van der Waals surface area contributed by atoms with Crippen molar-refractivity contribution in [3.63, 3.8) is 0 Å². The number of nitrogens with two attached hydrogens (primary N) is 1. The highest BCUT2D eigenvalue weighted by molar-refractivity contribution is 5.58. The Bertz CT molecular complexity index is 271. The fourth-order valence-electron chi connectivity index (χ4n) is 1.17. The first kappa shape index (κ1) is 8.87. The van der Waals surface area contributed by atoms with E-state index in [0.717, 1.165) is 11.3 Å². The molecule has 0 aromatic heterocycles. The molecule has 1 rings (SSSR count). The Labute approximate surface area is 72.4 Å². The first-order chi connectivity index (χ1) is 5.65. The average Bonchev–Trinajstić information content (AvgIpc) is 2.03. The van der Waals surface area contributed by atoms with Crippen molar-refractivity contribution in [1.29, 1.82) is 0 Å². The molecule has 0 heterocycles. The third-order valence-electron chi connectivity index (χ3n) is 1.76. The van der Waals surface area contributed by atoms with Crippen LogP contribution in [0, 0.1) is 0 Å². The van der Waals surface area contributed by atoms with Crippen molar-refractivity contribution in [3.05, 3.63) is 23.8 Å². The molecule has 0 atom stereocenters. The predicted octanol–water partition coefficient (Wildman–Crippen LogP) is 0.827. The van der Waals surface area contributed by atoms with E-state index in [2.05, 4.69) is 0 Å². The molecule has 0 saturated heterocycles. The van der Waals surface area contributed by atoms with Crippen molar-refractivity contribution in [2.75, 3.05) is 24.7 Å². The minimum Gasteiger partial charge on any atom is -0.399 e. The molecule has 0 bridgehead atoms. The summed E-state index contributed by atoms with van der Waals surface area (Å²) in [7, 11) is 3.87. The lowest BCUT2D eigenvalue weighted by molar-refractivity contribution is 0.282. The number of rotatable bonds is 2. The van der Waals surface area contributed by atoms with Gasteiger partial charge in [-0.1, -0.05) is 0 Å². The molecule has 0 aliphatic carbocycles. The van der Waals surface area contributed by atoms with Gasteiger partial charge in [0.15, 0.2) is 0 Å². The van der Waals surface area contributed by atoms with Gasteiger partial charge in [-0.3, -0.25) is 0 Å². The van der Waals surface area contributed by atoms with Crippen LogP contribution in [0.3, 0.4) is 0 Å². The maximum atomic E-state index is 9.01. The first-order valence-electron chi connectivity index (χ1n) is 3.81. The second kappa shape index (κ2) is 3.45. The zero-order valence-corrected chi connectivity index (χ0v) is 7.41. The quantitative estimate of drug-likeness (QED) is 0.640. The van der Waals surface area contributed by atoms with E-state index in [9.17, 15) is 0 Å². The van der Waals surface area contributed by atoms with Crippen molar-refractivity contribution in [2.24, 2.45) is 0 Å². The van der Waals surface area contributed by atoms with Gasteiger partial charge in [0.05, 0.1) is 6.61 Å². The molecule has 0 spiro atoms. The average molecular weight is 166 g/mol. The highest BCUT2D eigenvalue weighted by atomic mass is 16.3. The van der Waals surface area contributed by atoms with E-state index in [4.69, 9.17) is 10.8 Å². The molecule has 66 valence electrons. The zero-order valence-electron chi connectivity index (χ0n) is 7.41. The summed E-state index contributed by atoms with van der Waals surface area (Å²) in [4.78, 5) is 1.95. The number of anilines is 2. The molecule has 12 heavy (non-hydrogen) atoms. The molecule has 3 nitrogen and oxygen atoms in total. The van der Waals surface area contributed by atoms with Gasteiger partial charge < -0.3 is 15.7 Å². The van der Waals surface area contributed by atoms with E-state index in [-0.39, 0.29) is 6.61 Å². The largest absolute Gasteiger partial charge is 0.399 e. The van der Waals surface area contributed by atoms with Gasteiger partial charge in [0, 0.05) is 31.0 Å². The van der Waals surface area contributed by atoms with E-state index in [0.29, 0.717) is 5.69 Å². The number of hydrogen-bond acceptors (Lipinski definition) is 3. The van der Waals surface area contributed by atoms with E-state index >= 15 is 0 Å². The maximum absolute atomic E-state index is 9.01. The van der Waals surface area contributed by atoms with Gasteiger partial charge in [-0.2, -0.15) is 0 Å². The topological polar surface area (TPSA) is 49.5 Å². The summed E-state index contributed by atoms with van der Waals surface area (Å²) in [6.45, 7) is 0.0263. The molecular weight excluding hydrogens is 152 g/mol. The fraction of sp³-hybridized carbons (Fsp3) is 0.333. The Morgan fingerprint density at radius 1 is 1.42 bits per heavy atom. The Morgan fingerprint density at radius 3 is 2.58 bits per heavy atom. The van der Waals surface area contributed by atoms with Crippen LogP contribution in [0.1, 0.15) is 5.56 Å². The number of hydrogen-bond donors (Lipinski definition) is 2. The number of aliphatic hydroxyl groups excluding tert-OH is 1. The summed E-state index contributed by atoms with van der Waals surface area (Å²) in [5.74, 6) is 0. The van der Waals surface area contributed by atoms with Gasteiger partial charge >= 0.3 is 0 Å². The molecule has 0 radical (unpaired) electrons. The standard InChI is InChI=1S/C9H14N2O/c1-11(2)9-4-3-8(10)5-7(9)6-12/h3-5,12H,6,10H2,1-2H3. The van der Waals surface area contributed by atoms with Crippen molar-refractivity contribution in [3.8, 4) is 0 Å². The van der Waals surface area contributed by atoms with Crippen molar-refractivity contribution in [1.82, 2.24) is 0 Å². The van der Waals surface area contributed by atoms with E-state index in [1.165, 1.54) is 0 Å². The molecule has 0 amide bonds. The molecule has 0 aliphatic heterocycles. The minimum absolute atomic E-state index is 0.0263. The van der Waals surface area contributed by atoms with Crippen LogP contribution in [0.15, 0.2) is 18.2 Å². The molecule has 0 unspecified atom stereocenters. The SMILES string of the molecule is CN(C)c1ccc(N)cc1CO. The monoisotopic (exact) mass is 166 g/mol. The lowest BCUT2D eigenvalue weighted by Gasteiger charge is -2.16. The summed E-state index contributed by atoms with van der Waals surface area (Å²) in [6.07, 6.45) is 0. The second-order valence-corrected chi connectivity index (χ2v) is 2.94. The molecular formula is C9H14N2O. The third kappa shape index (κ3) is 1.68. The lowest BCUT2D eigenvalue weighted by atomic mass is 10.1. The Balaban J connectivity index is 3.11. The second-order valence-electron chi connectivity index (χ2n) is 2.94. The third-order valence-corrected chi connectivity index (χ3v) is 1.76. The van der Waals surface area contributed by atoms with Gasteiger partial charge in [-0.15, -0.1) is 0 Å². The smallest absolute Gasteiger partial charge is 0.0702 e. The van der Waals surface area contributed by atoms with Crippen molar-refractivity contribution < 1.29 is 5.11 Å². The molecule has 1 aromatic rings. The van der Waals surface area contributed by atoms with Gasteiger partial charge in [0.1, 0.15) is 0 Å². The maximum Gasteiger partial charge on any atom is 0.0702 e. The van der Waals surface area contributed by atoms with Crippen LogP contribution >= 0.6 is 0 Å². The lowest BCUT2D eigenvalue weighted by Crippen LogP contribution is -2.11. The van der Waals surface area contributed by atoms with Gasteiger partial charge in [0.2, 0.25) is 0 Å². The first-order valence-corrected chi connectivity index (χ1v) is 3.81. The molecule has 0 fully saturated rings. The highest BCUT2D eigenvalue weighted by Crippen LogP contribution is 2.20. The Morgan fingerprint density at radius 2 is 2.08 bits per heavy atom. The Hall–Kier alpha value is -1.22. The zero-order chi connectivity index (χ0) is 9.14. The van der Waals surface area contributed by atoms with Crippen molar-refractivity contribution in [2.45, 2.75) is 6.61 Å². The van der Waals surface area contributed by atoms with Crippen LogP contribution in [0.2, 0.25) is 0 Å². The molecule has 0 aliphatic rings. The van der Waals surface area contributed by atoms with E-state index < -0.39 is 0 Å². The number of nitrogens with zero attached hydrogens (tertiary/aromatic N) is 1. The fourth-order valence-corrected chi connectivity index (χ4v) is 1.17. The van der Waals surface area contributed by atoms with Crippen LogP contribution in [0.5, 0.6) is 0 Å². The van der Waals surface area contributed by atoms with Gasteiger partial charge in [-0.05, 0) is 18.2 Å². The summed E-state index contributed by atoms with van der Waals surface area (Å²) in [6, 6.07) is 5.52.